The number of rotatable bonds is 10. The number of likely N-dealkylation sites (tertiary alicyclic amines) is 1. The minimum atomic E-state index is -1.17. The van der Waals surface area contributed by atoms with E-state index in [9.17, 15) is 24.3 Å². The molecular formula is C28H33N5O5. The van der Waals surface area contributed by atoms with E-state index in [0.717, 1.165) is 22.0 Å². The van der Waals surface area contributed by atoms with Crippen LogP contribution in [0.1, 0.15) is 30.9 Å². The molecule has 1 fully saturated rings. The Bertz CT molecular complexity index is 1310. The van der Waals surface area contributed by atoms with Crippen LogP contribution >= 0.6 is 0 Å². The number of carboxylic acid groups (broad SMARTS) is 1. The SMILES string of the molecule is CC(NC(=O)C1CCCN1C(=O)C(N)Cc1c[nH]c2ccccc12)C(=O)NC(Cc1ccccc1)C(=O)O. The second-order valence-corrected chi connectivity index (χ2v) is 9.68. The average Bonchev–Trinajstić information content (AvgIpc) is 3.56. The highest BCUT2D eigenvalue weighted by Gasteiger charge is 2.37. The monoisotopic (exact) mass is 519 g/mol. The van der Waals surface area contributed by atoms with Crippen LogP contribution in [0.25, 0.3) is 10.9 Å². The molecule has 200 valence electrons. The molecule has 0 radical (unpaired) electrons. The summed E-state index contributed by atoms with van der Waals surface area (Å²) in [5.74, 6) is -2.57. The van der Waals surface area contributed by atoms with Gasteiger partial charge in [0.05, 0.1) is 6.04 Å². The molecule has 0 bridgehead atoms. The van der Waals surface area contributed by atoms with Crippen LogP contribution in [-0.4, -0.2) is 69.4 Å². The van der Waals surface area contributed by atoms with E-state index in [1.807, 2.05) is 36.5 Å². The third-order valence-electron chi connectivity index (χ3n) is 6.92. The van der Waals surface area contributed by atoms with Gasteiger partial charge in [-0.1, -0.05) is 48.5 Å². The third-order valence-corrected chi connectivity index (χ3v) is 6.92. The van der Waals surface area contributed by atoms with Crippen LogP contribution in [0.3, 0.4) is 0 Å². The number of aromatic nitrogens is 1. The maximum absolute atomic E-state index is 13.2. The molecule has 1 saturated heterocycles. The van der Waals surface area contributed by atoms with Gasteiger partial charge in [-0.15, -0.1) is 0 Å². The second-order valence-electron chi connectivity index (χ2n) is 9.68. The summed E-state index contributed by atoms with van der Waals surface area (Å²) in [4.78, 5) is 55.3. The van der Waals surface area contributed by atoms with Crippen molar-refractivity contribution in [1.82, 2.24) is 20.5 Å². The fourth-order valence-electron chi connectivity index (χ4n) is 4.86. The van der Waals surface area contributed by atoms with Crippen LogP contribution < -0.4 is 16.4 Å². The van der Waals surface area contributed by atoms with Gasteiger partial charge in [0.1, 0.15) is 18.1 Å². The minimum absolute atomic E-state index is 0.113. The van der Waals surface area contributed by atoms with Crippen LogP contribution in [0.15, 0.2) is 60.8 Å². The van der Waals surface area contributed by atoms with E-state index in [2.05, 4.69) is 15.6 Å². The van der Waals surface area contributed by atoms with Gasteiger partial charge in [-0.25, -0.2) is 4.79 Å². The fraction of sp³-hybridized carbons (Fsp3) is 0.357. The summed E-state index contributed by atoms with van der Waals surface area (Å²) in [6, 6.07) is 13.0. The molecule has 3 aromatic rings. The first-order valence-electron chi connectivity index (χ1n) is 12.7. The number of carbonyl (C=O) groups excluding carboxylic acids is 3. The molecule has 6 N–H and O–H groups in total. The molecule has 2 aromatic carbocycles. The molecule has 1 aliphatic rings. The maximum atomic E-state index is 13.2. The summed E-state index contributed by atoms with van der Waals surface area (Å²) < 4.78 is 0. The quantitative estimate of drug-likeness (QED) is 0.272. The number of nitrogens with zero attached hydrogens (tertiary/aromatic N) is 1. The molecule has 0 aliphatic carbocycles. The molecule has 3 amide bonds. The molecular weight excluding hydrogens is 486 g/mol. The van der Waals surface area contributed by atoms with Gasteiger partial charge in [-0.3, -0.25) is 14.4 Å². The number of para-hydroxylation sites is 1. The van der Waals surface area contributed by atoms with Crippen molar-refractivity contribution in [2.24, 2.45) is 5.73 Å². The number of nitrogens with one attached hydrogen (secondary N) is 3. The Balaban J connectivity index is 1.34. The molecule has 0 saturated carbocycles. The van der Waals surface area contributed by atoms with Gasteiger partial charge in [-0.05, 0) is 43.4 Å². The topological polar surface area (TPSA) is 158 Å². The Hall–Kier alpha value is -4.18. The first-order valence-corrected chi connectivity index (χ1v) is 12.7. The number of carboxylic acids is 1. The first kappa shape index (κ1) is 26.9. The summed E-state index contributed by atoms with van der Waals surface area (Å²) in [5.41, 5.74) is 8.93. The summed E-state index contributed by atoms with van der Waals surface area (Å²) in [6.07, 6.45) is 3.38. The van der Waals surface area contributed by atoms with Crippen molar-refractivity contribution in [2.75, 3.05) is 6.54 Å². The lowest BCUT2D eigenvalue weighted by Crippen LogP contribution is -2.56. The van der Waals surface area contributed by atoms with Crippen molar-refractivity contribution < 1.29 is 24.3 Å². The van der Waals surface area contributed by atoms with E-state index in [0.29, 0.717) is 25.8 Å². The highest BCUT2D eigenvalue weighted by molar-refractivity contribution is 5.94. The highest BCUT2D eigenvalue weighted by Crippen LogP contribution is 2.22. The van der Waals surface area contributed by atoms with Gasteiger partial charge in [0.2, 0.25) is 17.7 Å². The lowest BCUT2D eigenvalue weighted by Gasteiger charge is -2.28. The van der Waals surface area contributed by atoms with E-state index in [4.69, 9.17) is 5.73 Å². The molecule has 0 spiro atoms. The smallest absolute Gasteiger partial charge is 0.326 e. The minimum Gasteiger partial charge on any atom is -0.480 e. The zero-order valence-corrected chi connectivity index (χ0v) is 21.2. The van der Waals surface area contributed by atoms with E-state index >= 15 is 0 Å². The van der Waals surface area contributed by atoms with Crippen LogP contribution in [-0.2, 0) is 32.0 Å². The van der Waals surface area contributed by atoms with Crippen molar-refractivity contribution >= 4 is 34.6 Å². The van der Waals surface area contributed by atoms with E-state index in [1.165, 1.54) is 11.8 Å². The fourth-order valence-corrected chi connectivity index (χ4v) is 4.86. The predicted octanol–water partition coefficient (Wildman–Crippen LogP) is 1.35. The summed E-state index contributed by atoms with van der Waals surface area (Å²) >= 11 is 0. The molecule has 4 atom stereocenters. The van der Waals surface area contributed by atoms with E-state index < -0.39 is 42.0 Å². The average molecular weight is 520 g/mol. The maximum Gasteiger partial charge on any atom is 0.326 e. The Morgan fingerprint density at radius 2 is 1.76 bits per heavy atom. The van der Waals surface area contributed by atoms with Crippen LogP contribution in [0.5, 0.6) is 0 Å². The Morgan fingerprint density at radius 3 is 2.50 bits per heavy atom. The molecule has 4 unspecified atom stereocenters. The second kappa shape index (κ2) is 11.9. The third kappa shape index (κ3) is 6.20. The van der Waals surface area contributed by atoms with Gasteiger partial charge < -0.3 is 31.4 Å². The van der Waals surface area contributed by atoms with Gasteiger partial charge in [0, 0.05) is 30.1 Å². The summed E-state index contributed by atoms with van der Waals surface area (Å²) in [5, 5.41) is 15.7. The van der Waals surface area contributed by atoms with Crippen molar-refractivity contribution in [2.45, 2.75) is 56.8 Å². The molecule has 1 aromatic heterocycles. The standard InChI is InChI=1S/C28H33N5O5/c1-17(25(34)32-23(28(37)38)14-18-8-3-2-4-9-18)31-26(35)24-12-7-13-33(24)27(36)21(29)15-19-16-30-22-11-6-5-10-20(19)22/h2-6,8-11,16-17,21,23-24,30H,7,12-15,29H2,1H3,(H,31,35)(H,32,34)(H,37,38). The van der Waals surface area contributed by atoms with Crippen LogP contribution in [0, 0.1) is 0 Å². The number of H-pyrrole nitrogens is 1. The van der Waals surface area contributed by atoms with Crippen molar-refractivity contribution in [3.05, 3.63) is 71.9 Å². The van der Waals surface area contributed by atoms with Crippen molar-refractivity contribution in [3.63, 3.8) is 0 Å². The lowest BCUT2D eigenvalue weighted by molar-refractivity contribution is -0.143. The summed E-state index contributed by atoms with van der Waals surface area (Å²) in [7, 11) is 0. The van der Waals surface area contributed by atoms with Crippen molar-refractivity contribution in [1.29, 1.82) is 0 Å². The van der Waals surface area contributed by atoms with Crippen molar-refractivity contribution in [3.8, 4) is 0 Å². The molecule has 1 aliphatic heterocycles. The van der Waals surface area contributed by atoms with Crippen LogP contribution in [0.2, 0.25) is 0 Å². The number of nitrogens with two attached hydrogens (primary N) is 1. The number of benzene rings is 2. The van der Waals surface area contributed by atoms with E-state index in [1.54, 1.807) is 24.3 Å². The summed E-state index contributed by atoms with van der Waals surface area (Å²) in [6.45, 7) is 1.88. The Labute approximate surface area is 220 Å². The lowest BCUT2D eigenvalue weighted by atomic mass is 10.0. The largest absolute Gasteiger partial charge is 0.480 e. The molecule has 10 heteroatoms. The zero-order chi connectivity index (χ0) is 27.2. The van der Waals surface area contributed by atoms with Crippen LogP contribution in [0.4, 0.5) is 0 Å². The van der Waals surface area contributed by atoms with Gasteiger partial charge in [0.25, 0.3) is 0 Å². The number of fused-ring (bicyclic) bond motifs is 1. The normalized spacial score (nSPS) is 17.5. The van der Waals surface area contributed by atoms with Gasteiger partial charge >= 0.3 is 5.97 Å². The van der Waals surface area contributed by atoms with E-state index in [-0.39, 0.29) is 12.3 Å². The number of aliphatic carboxylic acids is 1. The molecule has 10 nitrogen and oxygen atoms in total. The molecule has 2 heterocycles. The number of carbonyl (C=O) groups is 4. The highest BCUT2D eigenvalue weighted by atomic mass is 16.4. The number of hydrogen-bond acceptors (Lipinski definition) is 5. The van der Waals surface area contributed by atoms with Gasteiger partial charge in [-0.2, -0.15) is 0 Å². The first-order chi connectivity index (χ1) is 18.2. The predicted molar refractivity (Wildman–Crippen MR) is 142 cm³/mol. The number of hydrogen-bond donors (Lipinski definition) is 5. The number of aromatic amines is 1. The van der Waals surface area contributed by atoms with Gasteiger partial charge in [0.15, 0.2) is 0 Å². The Kier molecular flexibility index (Phi) is 8.42. The number of amides is 3. The molecule has 38 heavy (non-hydrogen) atoms. The zero-order valence-electron chi connectivity index (χ0n) is 21.2. The Morgan fingerprint density at radius 1 is 1.05 bits per heavy atom. The molecule has 4 rings (SSSR count).